The molecule has 0 atom stereocenters. The summed E-state index contributed by atoms with van der Waals surface area (Å²) >= 11 is 0. The average molecular weight is 427 g/mol. The van der Waals surface area contributed by atoms with Crippen molar-refractivity contribution in [3.8, 4) is 11.1 Å². The Morgan fingerprint density at radius 1 is 0.844 bits per heavy atom. The van der Waals surface area contributed by atoms with E-state index in [-0.39, 0.29) is 24.0 Å². The molecule has 4 nitrogen and oxygen atoms in total. The molecular formula is C28H30N2O2. The minimum Gasteiger partial charge on any atom is -0.395 e. The van der Waals surface area contributed by atoms with Gasteiger partial charge in [0, 0.05) is 35.0 Å². The van der Waals surface area contributed by atoms with Crippen LogP contribution in [0.4, 0.5) is 0 Å². The maximum Gasteiger partial charge on any atom is 0.254 e. The highest BCUT2D eigenvalue weighted by molar-refractivity contribution is 5.95. The lowest BCUT2D eigenvalue weighted by Gasteiger charge is -2.42. The van der Waals surface area contributed by atoms with Crippen molar-refractivity contribution in [3.05, 3.63) is 90.3 Å². The van der Waals surface area contributed by atoms with Gasteiger partial charge in [-0.05, 0) is 73.9 Å². The first-order valence-electron chi connectivity index (χ1n) is 11.7. The Balaban J connectivity index is 1.32. The molecule has 2 aliphatic rings. The van der Waals surface area contributed by atoms with Gasteiger partial charge in [-0.25, -0.2) is 0 Å². The van der Waals surface area contributed by atoms with Gasteiger partial charge in [-0.15, -0.1) is 0 Å². The quantitative estimate of drug-likeness (QED) is 0.587. The zero-order chi connectivity index (χ0) is 22.0. The number of pyridine rings is 1. The Morgan fingerprint density at radius 3 is 2.06 bits per heavy atom. The van der Waals surface area contributed by atoms with Crippen LogP contribution in [0.25, 0.3) is 11.1 Å². The molecule has 5 rings (SSSR count). The number of aliphatic hydroxyl groups is 1. The van der Waals surface area contributed by atoms with E-state index in [1.54, 1.807) is 6.20 Å². The summed E-state index contributed by atoms with van der Waals surface area (Å²) in [7, 11) is 0. The van der Waals surface area contributed by atoms with Gasteiger partial charge in [0.25, 0.3) is 5.91 Å². The van der Waals surface area contributed by atoms with Crippen LogP contribution in [0.5, 0.6) is 0 Å². The van der Waals surface area contributed by atoms with Crippen LogP contribution >= 0.6 is 0 Å². The molecule has 0 radical (unpaired) electrons. The highest BCUT2D eigenvalue weighted by Gasteiger charge is 2.43. The minimum atomic E-state index is -0.284. The molecule has 2 aliphatic carbocycles. The second kappa shape index (κ2) is 8.87. The van der Waals surface area contributed by atoms with Crippen molar-refractivity contribution in [1.29, 1.82) is 0 Å². The first-order valence-corrected chi connectivity index (χ1v) is 11.7. The van der Waals surface area contributed by atoms with Crippen LogP contribution in [0, 0.1) is 0 Å². The van der Waals surface area contributed by atoms with E-state index < -0.39 is 0 Å². The monoisotopic (exact) mass is 426 g/mol. The van der Waals surface area contributed by atoms with Crippen LogP contribution < -0.4 is 0 Å². The summed E-state index contributed by atoms with van der Waals surface area (Å²) in [5, 5.41) is 10.2. The van der Waals surface area contributed by atoms with Crippen molar-refractivity contribution in [2.45, 2.75) is 56.0 Å². The van der Waals surface area contributed by atoms with Crippen molar-refractivity contribution >= 4 is 5.91 Å². The van der Waals surface area contributed by atoms with Gasteiger partial charge in [0.05, 0.1) is 6.61 Å². The predicted molar refractivity (Wildman–Crippen MR) is 126 cm³/mol. The van der Waals surface area contributed by atoms with Crippen LogP contribution in [0.1, 0.15) is 54.6 Å². The summed E-state index contributed by atoms with van der Waals surface area (Å²) in [4.78, 5) is 20.2. The molecule has 0 bridgehead atoms. The van der Waals surface area contributed by atoms with Gasteiger partial charge in [-0.2, -0.15) is 0 Å². The highest BCUT2D eigenvalue weighted by atomic mass is 16.3. The lowest BCUT2D eigenvalue weighted by molar-refractivity contribution is 0.0514. The third-order valence-electron chi connectivity index (χ3n) is 7.23. The van der Waals surface area contributed by atoms with Gasteiger partial charge in [0.15, 0.2) is 0 Å². The lowest BCUT2D eigenvalue weighted by Crippen LogP contribution is -2.47. The Morgan fingerprint density at radius 2 is 1.47 bits per heavy atom. The number of aliphatic hydroxyl groups excluding tert-OH is 1. The first-order chi connectivity index (χ1) is 15.7. The molecule has 2 saturated carbocycles. The SMILES string of the molecule is O=C(c1ccc(-c2ccccc2)cc1)N(C1CC1)[C@H]1CC[C@](CO)(c2ccccn2)CC1. The molecule has 1 N–H and O–H groups in total. The zero-order valence-electron chi connectivity index (χ0n) is 18.4. The van der Waals surface area contributed by atoms with E-state index >= 15 is 0 Å². The van der Waals surface area contributed by atoms with Gasteiger partial charge in [-0.1, -0.05) is 48.5 Å². The molecular weight excluding hydrogens is 396 g/mol. The topological polar surface area (TPSA) is 53.4 Å². The number of hydrogen-bond donors (Lipinski definition) is 1. The Kier molecular flexibility index (Phi) is 5.79. The molecule has 1 amide bonds. The van der Waals surface area contributed by atoms with E-state index in [0.717, 1.165) is 60.9 Å². The first kappa shape index (κ1) is 20.9. The van der Waals surface area contributed by atoms with Gasteiger partial charge in [-0.3, -0.25) is 9.78 Å². The van der Waals surface area contributed by atoms with E-state index in [0.29, 0.717) is 6.04 Å². The van der Waals surface area contributed by atoms with Crippen molar-refractivity contribution in [1.82, 2.24) is 9.88 Å². The number of aromatic nitrogens is 1. The number of rotatable bonds is 6. The van der Waals surface area contributed by atoms with Gasteiger partial charge in [0.1, 0.15) is 0 Å². The molecule has 32 heavy (non-hydrogen) atoms. The largest absolute Gasteiger partial charge is 0.395 e. The molecule has 0 saturated heterocycles. The standard InChI is InChI=1S/C28H30N2O2/c31-20-28(26-8-4-5-19-29-26)17-15-25(16-18-28)30(24-13-14-24)27(32)23-11-9-22(10-12-23)21-6-2-1-3-7-21/h1-12,19,24-25,31H,13-18,20H2/t25-,28-. The van der Waals surface area contributed by atoms with Gasteiger partial charge in [0.2, 0.25) is 0 Å². The Bertz CT molecular complexity index is 1040. The fourth-order valence-electron chi connectivity index (χ4n) is 5.17. The van der Waals surface area contributed by atoms with Crippen LogP contribution in [0.15, 0.2) is 79.0 Å². The fraction of sp³-hybridized carbons (Fsp3) is 0.357. The van der Waals surface area contributed by atoms with Gasteiger partial charge >= 0.3 is 0 Å². The third kappa shape index (κ3) is 4.07. The maximum atomic E-state index is 13.5. The van der Waals surface area contributed by atoms with Crippen molar-refractivity contribution in [2.75, 3.05) is 6.61 Å². The molecule has 0 unspecified atom stereocenters. The average Bonchev–Trinajstić information content (AvgIpc) is 3.71. The Labute approximate surface area is 189 Å². The van der Waals surface area contributed by atoms with E-state index in [1.165, 1.54) is 0 Å². The Hall–Kier alpha value is -2.98. The number of nitrogens with zero attached hydrogens (tertiary/aromatic N) is 2. The predicted octanol–water partition coefficient (Wildman–Crippen LogP) is 5.23. The molecule has 164 valence electrons. The van der Waals surface area contributed by atoms with E-state index in [2.05, 4.69) is 22.0 Å². The second-order valence-electron chi connectivity index (χ2n) is 9.27. The van der Waals surface area contributed by atoms with Crippen LogP contribution in [0.3, 0.4) is 0 Å². The fourth-order valence-corrected chi connectivity index (χ4v) is 5.17. The van der Waals surface area contributed by atoms with Crippen molar-refractivity contribution in [3.63, 3.8) is 0 Å². The van der Waals surface area contributed by atoms with E-state index in [4.69, 9.17) is 0 Å². The third-order valence-corrected chi connectivity index (χ3v) is 7.23. The molecule has 1 aromatic heterocycles. The molecule has 0 spiro atoms. The molecule has 3 aromatic rings. The smallest absolute Gasteiger partial charge is 0.254 e. The number of carbonyl (C=O) groups is 1. The van der Waals surface area contributed by atoms with Crippen molar-refractivity contribution < 1.29 is 9.90 Å². The summed E-state index contributed by atoms with van der Waals surface area (Å²) in [5.74, 6) is 0.145. The molecule has 0 aliphatic heterocycles. The van der Waals surface area contributed by atoms with Crippen LogP contribution in [-0.2, 0) is 5.41 Å². The maximum absolute atomic E-state index is 13.5. The van der Waals surface area contributed by atoms with Crippen LogP contribution in [0.2, 0.25) is 0 Å². The van der Waals surface area contributed by atoms with Crippen LogP contribution in [-0.4, -0.2) is 39.6 Å². The van der Waals surface area contributed by atoms with E-state index in [1.807, 2.05) is 60.7 Å². The normalized spacial score (nSPS) is 23.0. The van der Waals surface area contributed by atoms with Gasteiger partial charge < -0.3 is 10.0 Å². The molecule has 4 heteroatoms. The number of amides is 1. The van der Waals surface area contributed by atoms with E-state index in [9.17, 15) is 9.90 Å². The second-order valence-corrected chi connectivity index (χ2v) is 9.27. The summed E-state index contributed by atoms with van der Waals surface area (Å²) in [6, 6.07) is 24.8. The number of carbonyl (C=O) groups excluding carboxylic acids is 1. The number of benzene rings is 2. The number of hydrogen-bond acceptors (Lipinski definition) is 3. The summed E-state index contributed by atoms with van der Waals surface area (Å²) in [5.41, 5.74) is 3.74. The molecule has 1 heterocycles. The summed E-state index contributed by atoms with van der Waals surface area (Å²) < 4.78 is 0. The summed E-state index contributed by atoms with van der Waals surface area (Å²) in [6.07, 6.45) is 7.51. The zero-order valence-corrected chi connectivity index (χ0v) is 18.4. The van der Waals surface area contributed by atoms with Crippen molar-refractivity contribution in [2.24, 2.45) is 0 Å². The molecule has 2 fully saturated rings. The molecule has 2 aromatic carbocycles. The summed E-state index contributed by atoms with van der Waals surface area (Å²) in [6.45, 7) is 0.106. The highest BCUT2D eigenvalue weighted by Crippen LogP contribution is 2.42. The lowest BCUT2D eigenvalue weighted by atomic mass is 9.70. The minimum absolute atomic E-state index is 0.106.